The van der Waals surface area contributed by atoms with E-state index < -0.39 is 83.4 Å². The topological polar surface area (TPSA) is 503 Å². The van der Waals surface area contributed by atoms with E-state index in [-0.39, 0.29) is 126 Å². The lowest BCUT2D eigenvalue weighted by Crippen LogP contribution is -2.55. The third-order valence-corrected chi connectivity index (χ3v) is 23.5. The number of aromatic nitrogens is 4. The number of carbonyl (C=O) groups is 15. The summed E-state index contributed by atoms with van der Waals surface area (Å²) in [5, 5.41) is 32.8. The number of aromatic carboxylic acids is 1. The van der Waals surface area contributed by atoms with Crippen LogP contribution in [0.1, 0.15) is 230 Å². The second-order valence-electron chi connectivity index (χ2n) is 32.0. The van der Waals surface area contributed by atoms with E-state index in [0.29, 0.717) is 97.0 Å². The van der Waals surface area contributed by atoms with Crippen LogP contribution in [-0.4, -0.2) is 232 Å². The number of carboxylic acids is 2. The lowest BCUT2D eigenvalue weighted by Gasteiger charge is -2.43. The molecule has 6 aliphatic heterocycles. The van der Waals surface area contributed by atoms with Crippen LogP contribution in [0.2, 0.25) is 0 Å². The number of hydrogen-bond donors (Lipinski definition) is 9. The number of imide groups is 4. The third-order valence-electron chi connectivity index (χ3n) is 23.5. The molecule has 2 saturated carbocycles. The number of unbranched alkanes of at least 4 members (excludes halogenated alkanes) is 7. The zero-order chi connectivity index (χ0) is 93.8. The second-order valence-corrected chi connectivity index (χ2v) is 32.0. The quantitative estimate of drug-likeness (QED) is 0.0134. The minimum atomic E-state index is -5.08. The number of amides is 12. The molecule has 6 aromatic rings. The van der Waals surface area contributed by atoms with E-state index in [1.54, 1.807) is 66.6 Å². The average Bonchev–Trinajstić information content (AvgIpc) is 1.72. The van der Waals surface area contributed by atoms with Crippen LogP contribution >= 0.6 is 0 Å². The number of methoxy groups -OCH3 is 2. The van der Waals surface area contributed by atoms with Crippen LogP contribution in [0, 0.1) is 0 Å². The summed E-state index contributed by atoms with van der Waals surface area (Å²) in [6.07, 6.45) is 16.7. The van der Waals surface area contributed by atoms with Gasteiger partial charge in [0.05, 0.1) is 65.8 Å². The molecule has 10 N–H and O–H groups in total. The Hall–Kier alpha value is -13.8. The zero-order valence-corrected chi connectivity index (χ0v) is 72.9. The van der Waals surface area contributed by atoms with Crippen molar-refractivity contribution in [2.75, 3.05) is 91.4 Å². The molecule has 41 heteroatoms. The Morgan fingerprint density at radius 2 is 0.954 bits per heavy atom. The maximum absolute atomic E-state index is 13.2. The summed E-state index contributed by atoms with van der Waals surface area (Å²) in [5.41, 5.74) is 8.76. The normalized spacial score (nSPS) is 18.3. The Morgan fingerprint density at radius 3 is 1.38 bits per heavy atom. The molecule has 2 aliphatic carbocycles. The number of Topliss-reactive ketones (excluding diaryl/α,β-unsaturated/α-hetero) is 1. The fraction of sp³-hybridized carbons (Fsp3) is 0.472. The number of aliphatic carboxylic acids is 1. The molecule has 694 valence electrons. The summed E-state index contributed by atoms with van der Waals surface area (Å²) in [5.74, 6) is -6.09. The van der Waals surface area contributed by atoms with Gasteiger partial charge in [0.1, 0.15) is 65.1 Å². The highest BCUT2D eigenvalue weighted by atomic mass is 19.4. The van der Waals surface area contributed by atoms with Gasteiger partial charge >= 0.3 is 18.1 Å². The Morgan fingerprint density at radius 1 is 0.531 bits per heavy atom. The predicted octanol–water partition coefficient (Wildman–Crippen LogP) is 9.02. The van der Waals surface area contributed by atoms with Crippen LogP contribution in [0.25, 0.3) is 0 Å². The number of nitrogens with zero attached hydrogens (tertiary/aromatic N) is 10. The summed E-state index contributed by atoms with van der Waals surface area (Å²) in [4.78, 5) is 212. The van der Waals surface area contributed by atoms with Crippen molar-refractivity contribution in [1.82, 2.24) is 51.0 Å². The van der Waals surface area contributed by atoms with Crippen molar-refractivity contribution in [3.63, 3.8) is 0 Å². The van der Waals surface area contributed by atoms with Crippen molar-refractivity contribution in [3.8, 4) is 23.0 Å². The summed E-state index contributed by atoms with van der Waals surface area (Å²) in [7, 11) is 6.54. The number of nitrogens with one attached hydrogen (secondary N) is 6. The van der Waals surface area contributed by atoms with E-state index in [9.17, 15) is 85.4 Å². The molecular formula is C89H106F3N17O21. The molecule has 0 spiro atoms. The van der Waals surface area contributed by atoms with E-state index >= 15 is 0 Å². The van der Waals surface area contributed by atoms with Gasteiger partial charge in [0, 0.05) is 64.1 Å². The van der Waals surface area contributed by atoms with Crippen molar-refractivity contribution in [2.45, 2.75) is 210 Å². The Kier molecular flexibility index (Phi) is 33.0. The zero-order valence-electron chi connectivity index (χ0n) is 72.9. The molecule has 2 unspecified atom stereocenters. The van der Waals surface area contributed by atoms with Crippen molar-refractivity contribution in [2.24, 2.45) is 5.73 Å². The van der Waals surface area contributed by atoms with E-state index in [0.717, 1.165) is 124 Å². The van der Waals surface area contributed by atoms with E-state index in [4.69, 9.17) is 44.6 Å². The molecule has 2 saturated heterocycles. The number of anilines is 8. The third kappa shape index (κ3) is 22.8. The highest BCUT2D eigenvalue weighted by Crippen LogP contribution is 2.44. The smallest absolute Gasteiger partial charge is 0.490 e. The van der Waals surface area contributed by atoms with Crippen molar-refractivity contribution in [1.29, 1.82) is 0 Å². The van der Waals surface area contributed by atoms with Crippen LogP contribution in [0.4, 0.5) is 59.5 Å². The SMILES string of the molecule is CC[C@@H]1C(=O)N(C)c2cnc(Nc3ccc(C(=O)NCCCCCCNC(=O)COc4cccc5c4C(=O)N(C4CCC(=O)NC4=O)C5=O)cc3OC)nc2N1C1CCCC1.CC[C@@H]1C(=O)N(C)c2cnc(Nc3ccc(C(=O)O)cc3OC)nc2N1C1CCCC1.NCCCCCCCC(=O)COc1cccc2c1C(=O)N(C1CCC(=O)NC1=O)C2=O.O=C(O)C(F)(F)F. The van der Waals surface area contributed by atoms with Crippen LogP contribution in [0.3, 0.4) is 0 Å². The highest BCUT2D eigenvalue weighted by Gasteiger charge is 2.50. The molecular weight excluding hydrogens is 1700 g/mol. The van der Waals surface area contributed by atoms with Gasteiger partial charge in [-0.25, -0.2) is 19.6 Å². The molecule has 0 radical (unpaired) electrons. The number of ether oxygens (including phenoxy) is 4. The van der Waals surface area contributed by atoms with Gasteiger partial charge in [0.25, 0.3) is 35.4 Å². The first kappa shape index (κ1) is 96.9. The molecule has 4 aromatic carbocycles. The Labute approximate surface area is 746 Å². The molecule has 38 nitrogen and oxygen atoms in total. The number of ketones is 1. The largest absolute Gasteiger partial charge is 0.495 e. The van der Waals surface area contributed by atoms with E-state index in [1.807, 2.05) is 13.8 Å². The fourth-order valence-electron chi connectivity index (χ4n) is 16.8. The van der Waals surface area contributed by atoms with E-state index in [1.165, 1.54) is 56.7 Å². The predicted molar refractivity (Wildman–Crippen MR) is 465 cm³/mol. The van der Waals surface area contributed by atoms with Gasteiger partial charge in [-0.1, -0.05) is 83.8 Å². The lowest BCUT2D eigenvalue weighted by molar-refractivity contribution is -0.192. The first-order valence-corrected chi connectivity index (χ1v) is 43.3. The summed E-state index contributed by atoms with van der Waals surface area (Å²) in [6.45, 7) is 5.01. The van der Waals surface area contributed by atoms with Gasteiger partial charge in [0.2, 0.25) is 47.3 Å². The number of hydrogen-bond acceptors (Lipinski definition) is 28. The molecule has 4 atom stereocenters. The fourth-order valence-corrected chi connectivity index (χ4v) is 16.8. The monoisotopic (exact) mass is 1810 g/mol. The number of benzene rings is 4. The first-order valence-electron chi connectivity index (χ1n) is 43.3. The molecule has 0 bridgehead atoms. The van der Waals surface area contributed by atoms with Crippen molar-refractivity contribution < 1.29 is 114 Å². The number of carbonyl (C=O) groups excluding carboxylic acids is 13. The summed E-state index contributed by atoms with van der Waals surface area (Å²) >= 11 is 0. The summed E-state index contributed by atoms with van der Waals surface area (Å²) < 4.78 is 53.9. The molecule has 4 fully saturated rings. The highest BCUT2D eigenvalue weighted by molar-refractivity contribution is 6.26. The average molecular weight is 1810 g/mol. The maximum Gasteiger partial charge on any atom is 0.490 e. The molecule has 14 rings (SSSR count). The minimum absolute atomic E-state index is 0.00724. The summed E-state index contributed by atoms with van der Waals surface area (Å²) in [6, 6.07) is 16.6. The number of fused-ring (bicyclic) bond motifs is 4. The van der Waals surface area contributed by atoms with Gasteiger partial charge in [0.15, 0.2) is 24.0 Å². The Balaban J connectivity index is 0.000000198. The van der Waals surface area contributed by atoms with Gasteiger partial charge < -0.3 is 75.8 Å². The number of halogens is 3. The van der Waals surface area contributed by atoms with Crippen LogP contribution in [0.5, 0.6) is 23.0 Å². The number of nitrogens with two attached hydrogens (primary N) is 1. The lowest BCUT2D eigenvalue weighted by atomic mass is 10.0. The number of likely N-dealkylation sites (N-methyl/N-ethyl adjacent to an activating group) is 2. The second kappa shape index (κ2) is 44.3. The number of piperidine rings is 2. The van der Waals surface area contributed by atoms with Crippen LogP contribution < -0.4 is 76.2 Å². The number of alkyl halides is 3. The molecule has 12 amide bonds. The van der Waals surface area contributed by atoms with Gasteiger partial charge in [-0.05, 0) is 144 Å². The van der Waals surface area contributed by atoms with Crippen molar-refractivity contribution >= 4 is 135 Å². The van der Waals surface area contributed by atoms with Crippen LogP contribution in [-0.2, 0) is 43.2 Å². The number of carboxylic acid groups (broad SMARTS) is 2. The first-order chi connectivity index (χ1) is 62.3. The molecule has 2 aromatic heterocycles. The van der Waals surface area contributed by atoms with E-state index in [2.05, 4.69) is 51.7 Å². The van der Waals surface area contributed by atoms with Gasteiger partial charge in [-0.15, -0.1) is 0 Å². The number of rotatable bonds is 34. The molecule has 130 heavy (non-hydrogen) atoms. The standard InChI is InChI=1S/C43H51N9O9.C22H27N5O4.C22H27N3O6.C2HF3O2/c1-4-29-41(58)50(2)31-23-46-43(49-37(31)51(29)26-12-7-8-13-26)47-28-17-16-25(22-33(28)60-3)38(55)45-21-10-6-5-9-20-44-35(54)24-61-32-15-11-14-27-36(32)42(59)52(40(27)57)30-18-19-34(53)48-39(30)56;1-4-16-20(28)26(2)17-12-23-22(25-19(17)27(16)14-7-5-6-8-14)24-15-10-9-13(21(29)30)11-18(15)31-3;23-12-5-3-1-2-4-7-14(26)13-31-17-9-6-8-15-19(17)22(30)25(21(15)29)16-10-11-18(27)24-20(16)28;3-2(4,5)1(6)7/h11,14-17,22-23,26,29-30H,4-10,12-13,18-21,24H2,1-3H3,(H,44,54)(H,45,55)(H,46,47,49)(H,48,53,56);9-12,14,16H,4-8H2,1-3H3,(H,29,30)(H,23,24,25);6,8-9,16H,1-5,7,10-13,23H2,(H,24,27,28);(H,6,7)/t29-,30?;16-;;/m11../s1. The van der Waals surface area contributed by atoms with Gasteiger partial charge in [-0.3, -0.25) is 82.8 Å². The maximum atomic E-state index is 13.2. The molecule has 8 aliphatic rings. The van der Waals surface area contributed by atoms with Crippen molar-refractivity contribution in [3.05, 3.63) is 119 Å². The van der Waals surface area contributed by atoms with Gasteiger partial charge in [-0.2, -0.15) is 23.1 Å². The Bertz CT molecular complexity index is 5300. The molecule has 8 heterocycles. The minimum Gasteiger partial charge on any atom is -0.495 e. The van der Waals surface area contributed by atoms with Crippen LogP contribution in [0.15, 0.2) is 85.2 Å².